The summed E-state index contributed by atoms with van der Waals surface area (Å²) in [6, 6.07) is 15.3. The molecule has 0 bridgehead atoms. The number of hydrogen-bond acceptors (Lipinski definition) is 5. The van der Waals surface area contributed by atoms with Crippen molar-refractivity contribution < 1.29 is 5.11 Å². The number of phenols is 1. The first-order valence-corrected chi connectivity index (χ1v) is 8.65. The molecule has 130 valence electrons. The Balaban J connectivity index is 1.62. The van der Waals surface area contributed by atoms with Crippen molar-refractivity contribution in [3.8, 4) is 11.8 Å². The Morgan fingerprint density at radius 2 is 1.92 bits per heavy atom. The highest BCUT2D eigenvalue weighted by atomic mass is 16.3. The van der Waals surface area contributed by atoms with Crippen LogP contribution in [0.4, 0.5) is 5.95 Å². The van der Waals surface area contributed by atoms with Gasteiger partial charge in [-0.2, -0.15) is 5.26 Å². The molecule has 0 saturated heterocycles. The predicted octanol–water partition coefficient (Wildman–Crippen LogP) is 2.99. The Morgan fingerprint density at radius 1 is 1.12 bits per heavy atom. The van der Waals surface area contributed by atoms with E-state index in [0.29, 0.717) is 12.0 Å². The topological polar surface area (TPSA) is 78.0 Å². The van der Waals surface area contributed by atoms with Crippen LogP contribution in [-0.4, -0.2) is 19.9 Å². The Bertz CT molecular complexity index is 1000. The summed E-state index contributed by atoms with van der Waals surface area (Å²) in [6.45, 7) is 4.30. The molecule has 0 aliphatic carbocycles. The van der Waals surface area contributed by atoms with Crippen LogP contribution in [0.25, 0.3) is 0 Å². The fourth-order valence-corrected chi connectivity index (χ4v) is 3.45. The van der Waals surface area contributed by atoms with Crippen LogP contribution in [0.1, 0.15) is 35.0 Å². The van der Waals surface area contributed by atoms with E-state index in [0.717, 1.165) is 42.5 Å². The molecule has 6 nitrogen and oxygen atoms in total. The van der Waals surface area contributed by atoms with Crippen molar-refractivity contribution >= 4 is 5.95 Å². The molecule has 6 heteroatoms. The van der Waals surface area contributed by atoms with Gasteiger partial charge in [0.05, 0.1) is 11.6 Å². The molecule has 1 aliphatic heterocycles. The zero-order chi connectivity index (χ0) is 18.1. The standard InChI is InChI=1S/C20H19N5O/c1-2-25-19(10-15-5-3-4-6-18(15)26)22-23-20(25)24-12-16-8-7-14(11-21)9-17(16)13-24/h3-9,26H,2,10,12-13H2,1H3. The highest BCUT2D eigenvalue weighted by Gasteiger charge is 2.25. The van der Waals surface area contributed by atoms with Gasteiger partial charge in [-0.1, -0.05) is 24.3 Å². The summed E-state index contributed by atoms with van der Waals surface area (Å²) in [6.07, 6.45) is 0.535. The summed E-state index contributed by atoms with van der Waals surface area (Å²) in [7, 11) is 0. The van der Waals surface area contributed by atoms with Gasteiger partial charge in [0.1, 0.15) is 11.6 Å². The zero-order valence-electron chi connectivity index (χ0n) is 14.6. The van der Waals surface area contributed by atoms with Crippen LogP contribution in [-0.2, 0) is 26.1 Å². The second kappa shape index (κ2) is 6.52. The van der Waals surface area contributed by atoms with Crippen molar-refractivity contribution in [3.63, 3.8) is 0 Å². The van der Waals surface area contributed by atoms with Crippen LogP contribution >= 0.6 is 0 Å². The SMILES string of the molecule is CCn1c(Cc2ccccc2O)nnc1N1Cc2ccc(C#N)cc2C1. The second-order valence-electron chi connectivity index (χ2n) is 6.42. The molecule has 0 unspecified atom stereocenters. The van der Waals surface area contributed by atoms with Crippen molar-refractivity contribution in [2.75, 3.05) is 4.90 Å². The van der Waals surface area contributed by atoms with E-state index in [9.17, 15) is 5.11 Å². The zero-order valence-corrected chi connectivity index (χ0v) is 14.6. The minimum Gasteiger partial charge on any atom is -0.508 e. The molecule has 0 saturated carbocycles. The van der Waals surface area contributed by atoms with Gasteiger partial charge in [-0.25, -0.2) is 0 Å². The fourth-order valence-electron chi connectivity index (χ4n) is 3.45. The molecule has 1 aromatic heterocycles. The normalized spacial score (nSPS) is 12.8. The quantitative estimate of drug-likeness (QED) is 0.786. The van der Waals surface area contributed by atoms with Crippen molar-refractivity contribution in [1.82, 2.24) is 14.8 Å². The van der Waals surface area contributed by atoms with Crippen LogP contribution in [0.5, 0.6) is 5.75 Å². The van der Waals surface area contributed by atoms with Gasteiger partial charge in [0.2, 0.25) is 5.95 Å². The second-order valence-corrected chi connectivity index (χ2v) is 6.42. The number of benzene rings is 2. The molecule has 1 aliphatic rings. The van der Waals surface area contributed by atoms with E-state index in [1.165, 1.54) is 5.56 Å². The van der Waals surface area contributed by atoms with E-state index in [-0.39, 0.29) is 5.75 Å². The molecule has 2 heterocycles. The molecule has 0 spiro atoms. The third kappa shape index (κ3) is 2.78. The summed E-state index contributed by atoms with van der Waals surface area (Å²) < 4.78 is 2.09. The number of rotatable bonds is 4. The number of phenolic OH excluding ortho intramolecular Hbond substituents is 1. The summed E-state index contributed by atoms with van der Waals surface area (Å²) in [4.78, 5) is 2.18. The number of aromatic nitrogens is 3. The smallest absolute Gasteiger partial charge is 0.227 e. The highest BCUT2D eigenvalue weighted by molar-refractivity contribution is 5.48. The molecule has 26 heavy (non-hydrogen) atoms. The fraction of sp³-hybridized carbons (Fsp3) is 0.250. The van der Waals surface area contributed by atoms with Gasteiger partial charge in [-0.05, 0) is 36.2 Å². The van der Waals surface area contributed by atoms with E-state index in [2.05, 4.69) is 32.7 Å². The van der Waals surface area contributed by atoms with Gasteiger partial charge in [0, 0.05) is 31.6 Å². The molecular formula is C20H19N5O. The van der Waals surface area contributed by atoms with Gasteiger partial charge in [0.15, 0.2) is 0 Å². The van der Waals surface area contributed by atoms with Crippen molar-refractivity contribution in [2.24, 2.45) is 0 Å². The number of aromatic hydroxyl groups is 1. The minimum absolute atomic E-state index is 0.275. The van der Waals surface area contributed by atoms with Gasteiger partial charge in [-0.3, -0.25) is 4.57 Å². The Hall–Kier alpha value is -3.33. The summed E-state index contributed by atoms with van der Waals surface area (Å²) in [5, 5.41) is 27.9. The van der Waals surface area contributed by atoms with Gasteiger partial charge in [0.25, 0.3) is 0 Å². The number of fused-ring (bicyclic) bond motifs is 1. The van der Waals surface area contributed by atoms with Crippen molar-refractivity contribution in [2.45, 2.75) is 33.0 Å². The Kier molecular flexibility index (Phi) is 4.05. The molecule has 1 N–H and O–H groups in total. The van der Waals surface area contributed by atoms with Crippen molar-refractivity contribution in [3.05, 3.63) is 70.5 Å². The lowest BCUT2D eigenvalue weighted by molar-refractivity contribution is 0.468. The van der Waals surface area contributed by atoms with Crippen LogP contribution in [0.3, 0.4) is 0 Å². The maximum atomic E-state index is 10.0. The number of nitrogens with zero attached hydrogens (tertiary/aromatic N) is 5. The summed E-state index contributed by atoms with van der Waals surface area (Å²) >= 11 is 0. The Morgan fingerprint density at radius 3 is 2.69 bits per heavy atom. The van der Waals surface area contributed by atoms with Crippen LogP contribution < -0.4 is 4.90 Å². The maximum Gasteiger partial charge on any atom is 0.227 e. The van der Waals surface area contributed by atoms with Gasteiger partial charge in [-0.15, -0.1) is 10.2 Å². The molecule has 3 aromatic rings. The third-order valence-corrected chi connectivity index (χ3v) is 4.80. The van der Waals surface area contributed by atoms with Crippen LogP contribution in [0.15, 0.2) is 42.5 Å². The van der Waals surface area contributed by atoms with E-state index in [4.69, 9.17) is 5.26 Å². The number of anilines is 1. The highest BCUT2D eigenvalue weighted by Crippen LogP contribution is 2.29. The lowest BCUT2D eigenvalue weighted by Crippen LogP contribution is -2.20. The third-order valence-electron chi connectivity index (χ3n) is 4.80. The van der Waals surface area contributed by atoms with Gasteiger partial charge >= 0.3 is 0 Å². The lowest BCUT2D eigenvalue weighted by Gasteiger charge is -2.17. The van der Waals surface area contributed by atoms with Gasteiger partial charge < -0.3 is 10.0 Å². The molecule has 0 atom stereocenters. The summed E-state index contributed by atoms with van der Waals surface area (Å²) in [5.74, 6) is 1.93. The van der Waals surface area contributed by atoms with Crippen LogP contribution in [0, 0.1) is 11.3 Å². The average Bonchev–Trinajstić information content (AvgIpc) is 3.26. The monoisotopic (exact) mass is 345 g/mol. The Labute approximate surface area is 152 Å². The molecule has 0 fully saturated rings. The first kappa shape index (κ1) is 16.2. The first-order valence-electron chi connectivity index (χ1n) is 8.65. The van der Waals surface area contributed by atoms with E-state index < -0.39 is 0 Å². The van der Waals surface area contributed by atoms with Crippen LogP contribution in [0.2, 0.25) is 0 Å². The number of nitriles is 1. The first-order chi connectivity index (χ1) is 12.7. The summed E-state index contributed by atoms with van der Waals surface area (Å²) in [5.41, 5.74) is 3.90. The van der Waals surface area contributed by atoms with E-state index in [1.807, 2.05) is 36.4 Å². The lowest BCUT2D eigenvalue weighted by atomic mass is 10.1. The van der Waals surface area contributed by atoms with E-state index in [1.54, 1.807) is 6.07 Å². The molecule has 2 aromatic carbocycles. The minimum atomic E-state index is 0.275. The largest absolute Gasteiger partial charge is 0.508 e. The maximum absolute atomic E-state index is 10.0. The number of hydrogen-bond donors (Lipinski definition) is 1. The molecule has 0 amide bonds. The average molecular weight is 345 g/mol. The number of para-hydroxylation sites is 1. The van der Waals surface area contributed by atoms with Crippen molar-refractivity contribution in [1.29, 1.82) is 5.26 Å². The molecule has 0 radical (unpaired) electrons. The molecular weight excluding hydrogens is 326 g/mol. The van der Waals surface area contributed by atoms with E-state index >= 15 is 0 Å². The predicted molar refractivity (Wildman–Crippen MR) is 97.7 cm³/mol. The molecule has 4 rings (SSSR count).